The van der Waals surface area contributed by atoms with Crippen molar-refractivity contribution in [3.05, 3.63) is 0 Å². The smallest absolute Gasteiger partial charge is 0.305 e. The quantitative estimate of drug-likeness (QED) is 0.622. The van der Waals surface area contributed by atoms with E-state index in [0.717, 1.165) is 25.7 Å². The van der Waals surface area contributed by atoms with Gasteiger partial charge in [0.25, 0.3) is 0 Å². The predicted octanol–water partition coefficient (Wildman–Crippen LogP) is 1.90. The molecule has 0 aromatic carbocycles. The Labute approximate surface area is 119 Å². The largest absolute Gasteiger partial charge is 0.441 e. The fourth-order valence-electron chi connectivity index (χ4n) is 2.76. The van der Waals surface area contributed by atoms with Crippen molar-refractivity contribution in [1.82, 2.24) is 10.2 Å². The Morgan fingerprint density at radius 2 is 1.90 bits per heavy atom. The standard InChI is InChI=1S/C12H17F3N2O2S/c13-12(14,15)20-6-5-16-9-7-10(18)17(11(9)19)8-3-1-2-4-8/h8-9,16H,1-7H2. The van der Waals surface area contributed by atoms with E-state index >= 15 is 0 Å². The molecule has 2 amide bonds. The molecule has 1 unspecified atom stereocenters. The molecule has 2 aliphatic rings. The first-order valence-corrected chi connectivity index (χ1v) is 7.67. The van der Waals surface area contributed by atoms with Gasteiger partial charge in [0.1, 0.15) is 0 Å². The van der Waals surface area contributed by atoms with Crippen molar-refractivity contribution in [3.8, 4) is 0 Å². The Morgan fingerprint density at radius 3 is 2.50 bits per heavy atom. The molecule has 1 aliphatic carbocycles. The van der Waals surface area contributed by atoms with Gasteiger partial charge in [-0.3, -0.25) is 14.5 Å². The van der Waals surface area contributed by atoms with E-state index in [1.54, 1.807) is 0 Å². The van der Waals surface area contributed by atoms with Gasteiger partial charge in [-0.1, -0.05) is 12.8 Å². The third-order valence-corrected chi connectivity index (χ3v) is 4.37. The van der Waals surface area contributed by atoms with Gasteiger partial charge in [0.15, 0.2) is 0 Å². The fourth-order valence-corrected chi connectivity index (χ4v) is 3.21. The zero-order valence-corrected chi connectivity index (χ0v) is 11.7. The molecule has 2 rings (SSSR count). The van der Waals surface area contributed by atoms with Crippen molar-refractivity contribution >= 4 is 23.6 Å². The van der Waals surface area contributed by atoms with Gasteiger partial charge in [0.05, 0.1) is 12.5 Å². The number of rotatable bonds is 5. The number of thioether (sulfide) groups is 1. The first-order valence-electron chi connectivity index (χ1n) is 6.68. The van der Waals surface area contributed by atoms with Crippen LogP contribution in [0.5, 0.6) is 0 Å². The topological polar surface area (TPSA) is 49.4 Å². The van der Waals surface area contributed by atoms with Crippen LogP contribution in [0.4, 0.5) is 13.2 Å². The monoisotopic (exact) mass is 310 g/mol. The van der Waals surface area contributed by atoms with Crippen molar-refractivity contribution in [1.29, 1.82) is 0 Å². The molecular weight excluding hydrogens is 293 g/mol. The molecule has 1 atom stereocenters. The lowest BCUT2D eigenvalue weighted by Crippen LogP contribution is -2.43. The van der Waals surface area contributed by atoms with Crippen molar-refractivity contribution in [2.45, 2.75) is 49.7 Å². The SMILES string of the molecule is O=C1CC(NCCSC(F)(F)F)C(=O)N1C1CCCC1. The number of imide groups is 1. The number of likely N-dealkylation sites (tertiary alicyclic amines) is 1. The minimum atomic E-state index is -4.26. The summed E-state index contributed by atoms with van der Waals surface area (Å²) in [5.74, 6) is -0.646. The normalized spacial score (nSPS) is 24.9. The van der Waals surface area contributed by atoms with Gasteiger partial charge >= 0.3 is 5.51 Å². The third-order valence-electron chi connectivity index (χ3n) is 3.63. The van der Waals surface area contributed by atoms with Crippen LogP contribution in [-0.4, -0.2) is 46.6 Å². The van der Waals surface area contributed by atoms with Crippen LogP contribution in [0.25, 0.3) is 0 Å². The summed E-state index contributed by atoms with van der Waals surface area (Å²) in [7, 11) is 0. The molecular formula is C12H17F3N2O2S. The zero-order chi connectivity index (χ0) is 14.8. The van der Waals surface area contributed by atoms with E-state index < -0.39 is 11.6 Å². The van der Waals surface area contributed by atoms with Gasteiger partial charge in [-0.2, -0.15) is 13.2 Å². The molecule has 114 valence electrons. The molecule has 0 spiro atoms. The maximum Gasteiger partial charge on any atom is 0.441 e. The lowest BCUT2D eigenvalue weighted by Gasteiger charge is -2.22. The average molecular weight is 310 g/mol. The second-order valence-electron chi connectivity index (χ2n) is 5.05. The molecule has 8 heteroatoms. The summed E-state index contributed by atoms with van der Waals surface area (Å²) >= 11 is -0.127. The number of nitrogens with zero attached hydrogens (tertiary/aromatic N) is 1. The van der Waals surface area contributed by atoms with Crippen molar-refractivity contribution < 1.29 is 22.8 Å². The fraction of sp³-hybridized carbons (Fsp3) is 0.833. The van der Waals surface area contributed by atoms with E-state index in [4.69, 9.17) is 0 Å². The number of carbonyl (C=O) groups is 2. The van der Waals surface area contributed by atoms with E-state index in [9.17, 15) is 22.8 Å². The maximum absolute atomic E-state index is 12.1. The molecule has 4 nitrogen and oxygen atoms in total. The Bertz CT molecular complexity index is 383. The first kappa shape index (κ1) is 15.6. The highest BCUT2D eigenvalue weighted by atomic mass is 32.2. The minimum Gasteiger partial charge on any atom is -0.305 e. The van der Waals surface area contributed by atoms with Crippen LogP contribution in [0.3, 0.4) is 0 Å². The number of halogens is 3. The first-order chi connectivity index (χ1) is 9.38. The van der Waals surface area contributed by atoms with Crippen LogP contribution >= 0.6 is 11.8 Å². The summed E-state index contributed by atoms with van der Waals surface area (Å²) in [4.78, 5) is 25.3. The summed E-state index contributed by atoms with van der Waals surface area (Å²) < 4.78 is 35.9. The molecule has 1 heterocycles. The molecule has 0 aromatic heterocycles. The number of hydrogen-bond acceptors (Lipinski definition) is 4. The van der Waals surface area contributed by atoms with Crippen molar-refractivity contribution in [3.63, 3.8) is 0 Å². The van der Waals surface area contributed by atoms with Gasteiger partial charge in [0, 0.05) is 18.3 Å². The van der Waals surface area contributed by atoms with Crippen LogP contribution in [0, 0.1) is 0 Å². The second-order valence-corrected chi connectivity index (χ2v) is 6.21. The number of nitrogens with one attached hydrogen (secondary N) is 1. The van der Waals surface area contributed by atoms with Gasteiger partial charge in [-0.15, -0.1) is 0 Å². The molecule has 1 saturated carbocycles. The number of amides is 2. The van der Waals surface area contributed by atoms with Crippen LogP contribution in [0.1, 0.15) is 32.1 Å². The van der Waals surface area contributed by atoms with E-state index in [0.29, 0.717) is 0 Å². The molecule has 0 bridgehead atoms. The third kappa shape index (κ3) is 3.88. The van der Waals surface area contributed by atoms with Gasteiger partial charge in [-0.05, 0) is 24.6 Å². The average Bonchev–Trinajstić information content (AvgIpc) is 2.93. The van der Waals surface area contributed by atoms with Crippen molar-refractivity contribution in [2.75, 3.05) is 12.3 Å². The molecule has 0 aromatic rings. The predicted molar refractivity (Wildman–Crippen MR) is 69.0 cm³/mol. The van der Waals surface area contributed by atoms with E-state index in [1.807, 2.05) is 0 Å². The summed E-state index contributed by atoms with van der Waals surface area (Å²) in [6.45, 7) is 0.0619. The van der Waals surface area contributed by atoms with E-state index in [2.05, 4.69) is 5.32 Å². The summed E-state index contributed by atoms with van der Waals surface area (Å²) in [5, 5.41) is 2.75. The van der Waals surface area contributed by atoms with E-state index in [1.165, 1.54) is 4.90 Å². The molecule has 20 heavy (non-hydrogen) atoms. The number of alkyl halides is 3. The highest BCUT2D eigenvalue weighted by Crippen LogP contribution is 2.30. The van der Waals surface area contributed by atoms with E-state index in [-0.39, 0.29) is 48.3 Å². The van der Waals surface area contributed by atoms with Gasteiger partial charge in [-0.25, -0.2) is 0 Å². The van der Waals surface area contributed by atoms with Crippen LogP contribution in [0.15, 0.2) is 0 Å². The Kier molecular flexibility index (Phi) is 4.95. The van der Waals surface area contributed by atoms with Crippen molar-refractivity contribution in [2.24, 2.45) is 0 Å². The summed E-state index contributed by atoms with van der Waals surface area (Å²) in [6.07, 6.45) is 3.78. The minimum absolute atomic E-state index is 0.00801. The molecule has 1 aliphatic heterocycles. The number of hydrogen-bond donors (Lipinski definition) is 1. The Morgan fingerprint density at radius 1 is 1.25 bits per heavy atom. The maximum atomic E-state index is 12.1. The van der Waals surface area contributed by atoms with Gasteiger partial charge in [0.2, 0.25) is 11.8 Å². The molecule has 2 fully saturated rings. The van der Waals surface area contributed by atoms with Crippen LogP contribution < -0.4 is 5.32 Å². The molecule has 0 radical (unpaired) electrons. The zero-order valence-electron chi connectivity index (χ0n) is 10.9. The highest BCUT2D eigenvalue weighted by molar-refractivity contribution is 8.00. The summed E-state index contributed by atoms with van der Waals surface area (Å²) in [6, 6.07) is -0.664. The molecule has 1 saturated heterocycles. The van der Waals surface area contributed by atoms with Gasteiger partial charge < -0.3 is 5.32 Å². The summed E-state index contributed by atoms with van der Waals surface area (Å²) in [5.41, 5.74) is -4.26. The lowest BCUT2D eigenvalue weighted by atomic mass is 10.2. The van der Waals surface area contributed by atoms with Crippen LogP contribution in [-0.2, 0) is 9.59 Å². The second kappa shape index (κ2) is 6.34. The lowest BCUT2D eigenvalue weighted by molar-refractivity contribution is -0.141. The van der Waals surface area contributed by atoms with Crippen LogP contribution in [0.2, 0.25) is 0 Å². The Hall–Kier alpha value is -0.760. The Balaban J connectivity index is 1.79. The highest BCUT2D eigenvalue weighted by Gasteiger charge is 2.42. The molecule has 1 N–H and O–H groups in total. The number of carbonyl (C=O) groups excluding carboxylic acids is 2.